The van der Waals surface area contributed by atoms with Gasteiger partial charge in [0.25, 0.3) is 0 Å². The molecule has 0 bridgehead atoms. The second-order valence-corrected chi connectivity index (χ2v) is 13.3. The number of carbonyl (C=O) groups excluding carboxylic acids is 1. The van der Waals surface area contributed by atoms with Crippen molar-refractivity contribution in [1.29, 1.82) is 0 Å². The number of hydrogen-bond acceptors (Lipinski definition) is 8. The van der Waals surface area contributed by atoms with Crippen molar-refractivity contribution in [2.45, 2.75) is 69.4 Å². The van der Waals surface area contributed by atoms with E-state index in [4.69, 9.17) is 4.98 Å². The molecule has 1 aromatic heterocycles. The van der Waals surface area contributed by atoms with Crippen molar-refractivity contribution in [1.82, 2.24) is 19.6 Å². The van der Waals surface area contributed by atoms with Crippen LogP contribution in [-0.4, -0.2) is 75.0 Å². The summed E-state index contributed by atoms with van der Waals surface area (Å²) in [5.41, 5.74) is 0.850. The summed E-state index contributed by atoms with van der Waals surface area (Å²) < 4.78 is 28.7. The first-order chi connectivity index (χ1) is 18.0. The van der Waals surface area contributed by atoms with Crippen LogP contribution in [0.25, 0.3) is 0 Å². The molecule has 1 amide bonds. The van der Waals surface area contributed by atoms with Crippen LogP contribution in [0.1, 0.15) is 52.4 Å². The third-order valence-corrected chi connectivity index (χ3v) is 9.60. The summed E-state index contributed by atoms with van der Waals surface area (Å²) in [5, 5.41) is 3.22. The predicted molar refractivity (Wildman–Crippen MR) is 149 cm³/mol. The number of nitrogens with zero attached hydrogens (tertiary/aromatic N) is 5. The molecule has 38 heavy (non-hydrogen) atoms. The summed E-state index contributed by atoms with van der Waals surface area (Å²) in [7, 11) is 0.245. The molecule has 206 valence electrons. The van der Waals surface area contributed by atoms with Crippen molar-refractivity contribution in [3.63, 3.8) is 0 Å². The van der Waals surface area contributed by atoms with Gasteiger partial charge < -0.3 is 20.0 Å². The highest BCUT2D eigenvalue weighted by Gasteiger charge is 2.41. The molecule has 1 saturated heterocycles. The van der Waals surface area contributed by atoms with Crippen LogP contribution in [0.4, 0.5) is 23.1 Å². The SMILES string of the molecule is CN1CCC(NS(=O)(=O)c2ccc(Nc3ncc4c(n3)N(C3CCCC3)CC(C)(C)C(=O)N4C)cc2)CC1. The zero-order chi connectivity index (χ0) is 27.1. The van der Waals surface area contributed by atoms with E-state index in [1.165, 1.54) is 12.8 Å². The molecule has 0 unspecified atom stereocenters. The molecule has 2 N–H and O–H groups in total. The first-order valence-corrected chi connectivity index (χ1v) is 15.0. The van der Waals surface area contributed by atoms with E-state index in [1.807, 2.05) is 13.8 Å². The van der Waals surface area contributed by atoms with E-state index in [1.54, 1.807) is 42.4 Å². The average molecular weight is 542 g/mol. The van der Waals surface area contributed by atoms with Gasteiger partial charge in [-0.15, -0.1) is 0 Å². The Morgan fingerprint density at radius 3 is 2.32 bits per heavy atom. The highest BCUT2D eigenvalue weighted by Crippen LogP contribution is 2.40. The highest BCUT2D eigenvalue weighted by molar-refractivity contribution is 7.89. The van der Waals surface area contributed by atoms with Gasteiger partial charge >= 0.3 is 0 Å². The minimum atomic E-state index is -3.59. The number of amides is 1. The van der Waals surface area contributed by atoms with Crippen molar-refractivity contribution in [2.24, 2.45) is 5.41 Å². The Kier molecular flexibility index (Phi) is 7.36. The van der Waals surface area contributed by atoms with Gasteiger partial charge in [-0.1, -0.05) is 12.8 Å². The number of hydrogen-bond donors (Lipinski definition) is 2. The van der Waals surface area contributed by atoms with Crippen LogP contribution < -0.4 is 19.8 Å². The number of carbonyl (C=O) groups is 1. The van der Waals surface area contributed by atoms with Crippen LogP contribution in [0, 0.1) is 5.41 Å². The summed E-state index contributed by atoms with van der Waals surface area (Å²) in [5.74, 6) is 1.22. The molecule has 1 saturated carbocycles. The molecule has 1 aliphatic carbocycles. The van der Waals surface area contributed by atoms with E-state index < -0.39 is 15.4 Å². The molecule has 0 atom stereocenters. The number of nitrogens with one attached hydrogen (secondary N) is 2. The number of piperidine rings is 1. The molecule has 10 nitrogen and oxygen atoms in total. The summed E-state index contributed by atoms with van der Waals surface area (Å²) in [6.45, 7) is 6.35. The van der Waals surface area contributed by atoms with Crippen LogP contribution in [0.3, 0.4) is 0 Å². The first-order valence-electron chi connectivity index (χ1n) is 13.5. The van der Waals surface area contributed by atoms with Crippen LogP contribution in [0.15, 0.2) is 35.4 Å². The molecule has 2 aromatic rings. The third kappa shape index (κ3) is 5.50. The molecule has 0 spiro atoms. The van der Waals surface area contributed by atoms with E-state index in [2.05, 4.69) is 31.9 Å². The molecule has 5 rings (SSSR count). The standard InChI is InChI=1S/C27H39N7O3S/c1-27(2)18-34(21-7-5-6-8-21)24-23(33(4)25(27)35)17-28-26(30-24)29-19-9-11-22(12-10-19)38(36,37)31-20-13-15-32(3)16-14-20/h9-12,17,20-21,31H,5-8,13-16,18H2,1-4H3,(H,28,29,30). The van der Waals surface area contributed by atoms with Gasteiger partial charge in [-0.2, -0.15) is 4.98 Å². The minimum Gasteiger partial charge on any atom is -0.351 e. The van der Waals surface area contributed by atoms with E-state index in [0.717, 1.165) is 44.6 Å². The van der Waals surface area contributed by atoms with Gasteiger partial charge in [0.1, 0.15) is 5.69 Å². The Balaban J connectivity index is 1.35. The van der Waals surface area contributed by atoms with Gasteiger partial charge in [0.2, 0.25) is 21.9 Å². The van der Waals surface area contributed by atoms with Crippen molar-refractivity contribution in [3.05, 3.63) is 30.5 Å². The van der Waals surface area contributed by atoms with Gasteiger partial charge in [0.15, 0.2) is 5.82 Å². The maximum atomic E-state index is 13.2. The van der Waals surface area contributed by atoms with E-state index in [-0.39, 0.29) is 16.8 Å². The maximum Gasteiger partial charge on any atom is 0.240 e. The summed E-state index contributed by atoms with van der Waals surface area (Å²) in [6.07, 6.45) is 7.85. The fraction of sp³-hybridized carbons (Fsp3) is 0.593. The zero-order valence-electron chi connectivity index (χ0n) is 22.8. The Bertz CT molecular complexity index is 1270. The lowest BCUT2D eigenvalue weighted by molar-refractivity contribution is -0.125. The first kappa shape index (κ1) is 26.8. The van der Waals surface area contributed by atoms with Gasteiger partial charge in [-0.05, 0) is 83.9 Å². The van der Waals surface area contributed by atoms with E-state index in [9.17, 15) is 13.2 Å². The quantitative estimate of drug-likeness (QED) is 0.573. The van der Waals surface area contributed by atoms with Crippen molar-refractivity contribution < 1.29 is 13.2 Å². The summed E-state index contributed by atoms with van der Waals surface area (Å²) >= 11 is 0. The number of benzene rings is 1. The lowest BCUT2D eigenvalue weighted by atomic mass is 9.91. The number of anilines is 4. The fourth-order valence-corrected chi connectivity index (χ4v) is 7.09. The molecule has 11 heteroatoms. The van der Waals surface area contributed by atoms with E-state index in [0.29, 0.717) is 29.9 Å². The van der Waals surface area contributed by atoms with Crippen molar-refractivity contribution >= 4 is 39.1 Å². The van der Waals surface area contributed by atoms with Gasteiger partial charge in [-0.25, -0.2) is 18.1 Å². The summed E-state index contributed by atoms with van der Waals surface area (Å²) in [6, 6.07) is 6.96. The number of aromatic nitrogens is 2. The monoisotopic (exact) mass is 541 g/mol. The average Bonchev–Trinajstić information content (AvgIpc) is 3.41. The number of rotatable bonds is 6. The minimum absolute atomic E-state index is 0.0419. The van der Waals surface area contributed by atoms with Crippen LogP contribution >= 0.6 is 0 Å². The fourth-order valence-electron chi connectivity index (χ4n) is 5.78. The molecular weight excluding hydrogens is 502 g/mol. The highest BCUT2D eigenvalue weighted by atomic mass is 32.2. The van der Waals surface area contributed by atoms with Crippen LogP contribution in [-0.2, 0) is 14.8 Å². The van der Waals surface area contributed by atoms with Crippen LogP contribution in [0.5, 0.6) is 0 Å². The van der Waals surface area contributed by atoms with Crippen molar-refractivity contribution in [3.8, 4) is 0 Å². The van der Waals surface area contributed by atoms with Gasteiger partial charge in [0.05, 0.1) is 16.5 Å². The lowest BCUT2D eigenvalue weighted by Gasteiger charge is -2.34. The number of likely N-dealkylation sites (tertiary alicyclic amines) is 1. The lowest BCUT2D eigenvalue weighted by Crippen LogP contribution is -2.45. The molecule has 1 aromatic carbocycles. The Labute approximate surface area is 225 Å². The molecule has 0 radical (unpaired) electrons. The Morgan fingerprint density at radius 1 is 1.00 bits per heavy atom. The van der Waals surface area contributed by atoms with Crippen LogP contribution in [0.2, 0.25) is 0 Å². The zero-order valence-corrected chi connectivity index (χ0v) is 23.6. The van der Waals surface area contributed by atoms with Crippen molar-refractivity contribution in [2.75, 3.05) is 48.8 Å². The second-order valence-electron chi connectivity index (χ2n) is 11.6. The number of sulfonamides is 1. The molecular formula is C27H39N7O3S. The maximum absolute atomic E-state index is 13.2. The molecule has 2 aliphatic heterocycles. The Morgan fingerprint density at radius 2 is 1.66 bits per heavy atom. The largest absolute Gasteiger partial charge is 0.351 e. The van der Waals surface area contributed by atoms with E-state index >= 15 is 0 Å². The van der Waals surface area contributed by atoms with Gasteiger partial charge in [0, 0.05) is 31.4 Å². The molecule has 3 heterocycles. The topological polar surface area (TPSA) is 111 Å². The molecule has 3 aliphatic rings. The van der Waals surface area contributed by atoms with Gasteiger partial charge in [-0.3, -0.25) is 4.79 Å². The number of fused-ring (bicyclic) bond motifs is 1. The Hall–Kier alpha value is -2.76. The summed E-state index contributed by atoms with van der Waals surface area (Å²) in [4.78, 5) is 29.0. The normalized spacial score (nSPS) is 21.4. The predicted octanol–water partition coefficient (Wildman–Crippen LogP) is 3.34. The molecule has 2 fully saturated rings. The second kappa shape index (κ2) is 10.4. The smallest absolute Gasteiger partial charge is 0.240 e. The third-order valence-electron chi connectivity index (χ3n) is 8.06.